The molecule has 0 aliphatic heterocycles. The highest BCUT2D eigenvalue weighted by atomic mass is 35.5. The molecule has 0 saturated heterocycles. The van der Waals surface area contributed by atoms with Gasteiger partial charge in [-0.05, 0) is 28.8 Å². The molecule has 164 valence electrons. The largest absolute Gasteiger partial charge is 0.493 e. The number of carbonyl (C=O) groups is 1. The second kappa shape index (κ2) is 12.0. The Morgan fingerprint density at radius 2 is 1.29 bits per heavy atom. The van der Waals surface area contributed by atoms with Crippen LogP contribution in [0.3, 0.4) is 0 Å². The van der Waals surface area contributed by atoms with Gasteiger partial charge in [-0.15, -0.1) is 12.4 Å². The topological polar surface area (TPSA) is 56.8 Å². The number of rotatable bonds is 10. The molecule has 2 atom stereocenters. The fourth-order valence-electron chi connectivity index (χ4n) is 3.78. The van der Waals surface area contributed by atoms with Gasteiger partial charge in [-0.25, -0.2) is 0 Å². The summed E-state index contributed by atoms with van der Waals surface area (Å²) in [5.74, 6) is 1.64. The highest BCUT2D eigenvalue weighted by Gasteiger charge is 2.28. The number of ether oxygens (including phenoxy) is 3. The van der Waals surface area contributed by atoms with E-state index < -0.39 is 0 Å². The number of aldehydes is 1. The molecular formula is C25H28ClNO4. The van der Waals surface area contributed by atoms with E-state index in [9.17, 15) is 4.79 Å². The highest BCUT2D eigenvalue weighted by Crippen LogP contribution is 2.44. The van der Waals surface area contributed by atoms with Crippen molar-refractivity contribution in [2.75, 3.05) is 27.9 Å². The van der Waals surface area contributed by atoms with Crippen molar-refractivity contribution in [3.8, 4) is 17.2 Å². The lowest BCUT2D eigenvalue weighted by Gasteiger charge is -2.30. The summed E-state index contributed by atoms with van der Waals surface area (Å²) in [5.41, 5.74) is 3.18. The molecule has 2 unspecified atom stereocenters. The van der Waals surface area contributed by atoms with Gasteiger partial charge in [0.15, 0.2) is 11.5 Å². The third-order valence-corrected chi connectivity index (χ3v) is 5.12. The van der Waals surface area contributed by atoms with Crippen molar-refractivity contribution in [2.24, 2.45) is 0 Å². The molecule has 3 rings (SSSR count). The Kier molecular flexibility index (Phi) is 9.38. The van der Waals surface area contributed by atoms with E-state index in [0.29, 0.717) is 17.2 Å². The SMILES string of the molecule is COc1cc(C(c2ccccc2)C(NCC=O)c2ccccc2)cc(OC)c1OC.Cl. The first-order valence-electron chi connectivity index (χ1n) is 9.80. The van der Waals surface area contributed by atoms with E-state index in [0.717, 1.165) is 23.0 Å². The molecule has 5 nitrogen and oxygen atoms in total. The van der Waals surface area contributed by atoms with Crippen molar-refractivity contribution in [3.63, 3.8) is 0 Å². The minimum Gasteiger partial charge on any atom is -0.493 e. The van der Waals surface area contributed by atoms with E-state index in [2.05, 4.69) is 29.6 Å². The van der Waals surface area contributed by atoms with Crippen molar-refractivity contribution in [2.45, 2.75) is 12.0 Å². The molecule has 1 N–H and O–H groups in total. The van der Waals surface area contributed by atoms with Crippen molar-refractivity contribution in [3.05, 3.63) is 89.5 Å². The summed E-state index contributed by atoms with van der Waals surface area (Å²) in [7, 11) is 4.81. The monoisotopic (exact) mass is 441 g/mol. The van der Waals surface area contributed by atoms with Gasteiger partial charge < -0.3 is 24.3 Å². The first kappa shape index (κ1) is 24.3. The van der Waals surface area contributed by atoms with Crippen LogP contribution in [0.15, 0.2) is 72.8 Å². The maximum Gasteiger partial charge on any atom is 0.203 e. The Morgan fingerprint density at radius 1 is 0.774 bits per heavy atom. The maximum atomic E-state index is 11.2. The molecule has 0 radical (unpaired) electrons. The zero-order valence-electron chi connectivity index (χ0n) is 17.9. The molecule has 0 aliphatic rings. The van der Waals surface area contributed by atoms with Crippen LogP contribution < -0.4 is 19.5 Å². The van der Waals surface area contributed by atoms with Crippen LogP contribution in [0.4, 0.5) is 0 Å². The van der Waals surface area contributed by atoms with Crippen LogP contribution in [0.2, 0.25) is 0 Å². The van der Waals surface area contributed by atoms with E-state index in [1.54, 1.807) is 21.3 Å². The minimum absolute atomic E-state index is 0. The minimum atomic E-state index is -0.137. The van der Waals surface area contributed by atoms with Gasteiger partial charge in [-0.3, -0.25) is 0 Å². The molecule has 31 heavy (non-hydrogen) atoms. The molecule has 0 bridgehead atoms. The van der Waals surface area contributed by atoms with Crippen LogP contribution in [0, 0.1) is 0 Å². The zero-order valence-corrected chi connectivity index (χ0v) is 18.7. The molecular weight excluding hydrogens is 414 g/mol. The van der Waals surface area contributed by atoms with Gasteiger partial charge >= 0.3 is 0 Å². The summed E-state index contributed by atoms with van der Waals surface area (Å²) in [6, 6.07) is 24.1. The summed E-state index contributed by atoms with van der Waals surface area (Å²) in [5, 5.41) is 3.41. The van der Waals surface area contributed by atoms with Crippen LogP contribution in [0.5, 0.6) is 17.2 Å². The summed E-state index contributed by atoms with van der Waals surface area (Å²) in [4.78, 5) is 11.2. The van der Waals surface area contributed by atoms with E-state index in [1.165, 1.54) is 0 Å². The summed E-state index contributed by atoms with van der Waals surface area (Å²) in [6.07, 6.45) is 0.882. The van der Waals surface area contributed by atoms with E-state index in [-0.39, 0.29) is 30.9 Å². The lowest BCUT2D eigenvalue weighted by Crippen LogP contribution is -2.29. The van der Waals surface area contributed by atoms with Crippen molar-refractivity contribution in [1.29, 1.82) is 0 Å². The van der Waals surface area contributed by atoms with Gasteiger partial charge in [-0.1, -0.05) is 60.7 Å². The van der Waals surface area contributed by atoms with Crippen molar-refractivity contribution in [1.82, 2.24) is 5.32 Å². The summed E-state index contributed by atoms with van der Waals surface area (Å²) >= 11 is 0. The molecule has 3 aromatic rings. The normalized spacial score (nSPS) is 12.2. The third kappa shape index (κ3) is 5.57. The Hall–Kier alpha value is -3.02. The summed E-state index contributed by atoms with van der Waals surface area (Å²) in [6.45, 7) is 0.243. The fraction of sp³-hybridized carbons (Fsp3) is 0.240. The van der Waals surface area contributed by atoms with Gasteiger partial charge in [0.2, 0.25) is 5.75 Å². The van der Waals surface area contributed by atoms with Crippen LogP contribution in [-0.2, 0) is 4.79 Å². The number of hydrogen-bond donors (Lipinski definition) is 1. The number of hydrogen-bond acceptors (Lipinski definition) is 5. The average molecular weight is 442 g/mol. The van der Waals surface area contributed by atoms with Gasteiger partial charge in [-0.2, -0.15) is 0 Å². The fourth-order valence-corrected chi connectivity index (χ4v) is 3.78. The van der Waals surface area contributed by atoms with Crippen molar-refractivity contribution < 1.29 is 19.0 Å². The molecule has 0 saturated carbocycles. The molecule has 0 aliphatic carbocycles. The number of halogens is 1. The molecule has 0 aromatic heterocycles. The first-order valence-corrected chi connectivity index (χ1v) is 9.80. The Bertz CT molecular complexity index is 925. The average Bonchev–Trinajstić information content (AvgIpc) is 2.81. The number of benzene rings is 3. The van der Waals surface area contributed by atoms with E-state index >= 15 is 0 Å². The summed E-state index contributed by atoms with van der Waals surface area (Å²) < 4.78 is 16.7. The van der Waals surface area contributed by atoms with E-state index in [4.69, 9.17) is 14.2 Å². The van der Waals surface area contributed by atoms with Crippen LogP contribution >= 0.6 is 12.4 Å². The van der Waals surface area contributed by atoms with Gasteiger partial charge in [0.25, 0.3) is 0 Å². The lowest BCUT2D eigenvalue weighted by atomic mass is 9.81. The van der Waals surface area contributed by atoms with Crippen molar-refractivity contribution >= 4 is 18.7 Å². The Labute approximate surface area is 189 Å². The molecule has 0 amide bonds. The van der Waals surface area contributed by atoms with Gasteiger partial charge in [0.05, 0.1) is 27.9 Å². The predicted molar refractivity (Wildman–Crippen MR) is 125 cm³/mol. The molecule has 0 heterocycles. The maximum absolute atomic E-state index is 11.2. The molecule has 3 aromatic carbocycles. The molecule has 0 fully saturated rings. The van der Waals surface area contributed by atoms with E-state index in [1.807, 2.05) is 48.5 Å². The zero-order chi connectivity index (χ0) is 21.3. The van der Waals surface area contributed by atoms with Gasteiger partial charge in [0, 0.05) is 12.0 Å². The third-order valence-electron chi connectivity index (χ3n) is 5.12. The van der Waals surface area contributed by atoms with Crippen LogP contribution in [-0.4, -0.2) is 34.2 Å². The smallest absolute Gasteiger partial charge is 0.203 e. The number of carbonyl (C=O) groups excluding carboxylic acids is 1. The first-order chi connectivity index (χ1) is 14.7. The number of nitrogens with one attached hydrogen (secondary N) is 1. The molecule has 6 heteroatoms. The molecule has 0 spiro atoms. The quantitative estimate of drug-likeness (QED) is 0.458. The standard InChI is InChI=1S/C25H27NO4.ClH/c1-28-21-16-20(17-22(29-2)25(21)30-3)23(18-10-6-4-7-11-18)24(26-14-15-27)19-12-8-5-9-13-19;/h4-13,15-17,23-24,26H,14H2,1-3H3;1H. The second-order valence-electron chi connectivity index (χ2n) is 6.81. The second-order valence-corrected chi connectivity index (χ2v) is 6.81. The highest BCUT2D eigenvalue weighted by molar-refractivity contribution is 5.85. The predicted octanol–water partition coefficient (Wildman–Crippen LogP) is 4.80. The van der Waals surface area contributed by atoms with Crippen LogP contribution in [0.25, 0.3) is 0 Å². The Balaban J connectivity index is 0.00000341. The van der Waals surface area contributed by atoms with Crippen LogP contribution in [0.1, 0.15) is 28.7 Å². The Morgan fingerprint density at radius 3 is 1.74 bits per heavy atom. The lowest BCUT2D eigenvalue weighted by molar-refractivity contribution is -0.107. The van der Waals surface area contributed by atoms with Gasteiger partial charge in [0.1, 0.15) is 6.29 Å². The number of methoxy groups -OCH3 is 3.